The van der Waals surface area contributed by atoms with Crippen LogP contribution >= 0.6 is 15.6 Å². The highest BCUT2D eigenvalue weighted by molar-refractivity contribution is 7.47. The monoisotopic (exact) mass is 494 g/mol. The molecule has 0 aromatic carbocycles. The van der Waals surface area contributed by atoms with Gasteiger partial charge in [-0.15, -0.1) is 0 Å². The number of hydrogen-bond acceptors (Lipinski definition) is 11. The normalized spacial score (nSPS) is 32.0. The molecule has 0 aromatic rings. The molecule has 14 nitrogen and oxygen atoms in total. The number of rotatable bonds is 10. The first-order valence-corrected chi connectivity index (χ1v) is 12.1. The SMILES string of the molecule is CC(=O)OCC(COP(=O)(O)OC1C(O)C(C)C(C)C(OP(=O)(O)O)C1O)OC(C)=O. The molecule has 1 fully saturated rings. The number of hydrogen-bond donors (Lipinski definition) is 5. The van der Waals surface area contributed by atoms with Gasteiger partial charge in [0.25, 0.3) is 0 Å². The molecule has 0 aromatic heterocycles. The third-order valence-electron chi connectivity index (χ3n) is 4.64. The topological polar surface area (TPSA) is 216 Å². The molecular formula is C15H28O14P2. The van der Waals surface area contributed by atoms with Crippen LogP contribution in [0.1, 0.15) is 27.7 Å². The van der Waals surface area contributed by atoms with Crippen molar-refractivity contribution in [2.75, 3.05) is 13.2 Å². The second-order valence-corrected chi connectivity index (χ2v) is 9.73. The summed E-state index contributed by atoms with van der Waals surface area (Å²) in [6.07, 6.45) is -8.00. The summed E-state index contributed by atoms with van der Waals surface area (Å²) in [7, 11) is -10.0. The molecule has 5 N–H and O–H groups in total. The number of esters is 2. The van der Waals surface area contributed by atoms with Crippen molar-refractivity contribution in [3.63, 3.8) is 0 Å². The summed E-state index contributed by atoms with van der Waals surface area (Å²) in [5.74, 6) is -3.00. The quantitative estimate of drug-likeness (QED) is 0.191. The molecule has 0 radical (unpaired) electrons. The minimum atomic E-state index is -5.04. The lowest BCUT2D eigenvalue weighted by Crippen LogP contribution is -2.58. The fraction of sp³-hybridized carbons (Fsp3) is 0.867. The summed E-state index contributed by atoms with van der Waals surface area (Å²) in [4.78, 5) is 50.1. The minimum Gasteiger partial charge on any atom is -0.462 e. The molecular weight excluding hydrogens is 466 g/mol. The summed E-state index contributed by atoms with van der Waals surface area (Å²) in [6, 6.07) is 0. The van der Waals surface area contributed by atoms with Crippen molar-refractivity contribution < 1.29 is 66.7 Å². The average molecular weight is 494 g/mol. The van der Waals surface area contributed by atoms with Crippen molar-refractivity contribution in [1.29, 1.82) is 0 Å². The number of aliphatic hydroxyl groups excluding tert-OH is 2. The highest BCUT2D eigenvalue weighted by atomic mass is 31.2. The fourth-order valence-electron chi connectivity index (χ4n) is 2.97. The van der Waals surface area contributed by atoms with Gasteiger partial charge in [0.2, 0.25) is 0 Å². The van der Waals surface area contributed by atoms with E-state index in [4.69, 9.17) is 23.6 Å². The molecule has 1 aliphatic rings. The second-order valence-electron chi connectivity index (χ2n) is 7.13. The standard InChI is InChI=1S/C15H28O14P2/c1-7-8(2)14(28-30(20,21)22)13(19)15(12(7)18)29-31(23,24)26-6-11(27-10(4)17)5-25-9(3)16/h7-8,11-15,18-19H,5-6H2,1-4H3,(H,23,24)(H2,20,21,22). The van der Waals surface area contributed by atoms with Crippen molar-refractivity contribution in [3.8, 4) is 0 Å². The molecule has 0 spiro atoms. The summed E-state index contributed by atoms with van der Waals surface area (Å²) in [5.41, 5.74) is 0. The molecule has 16 heteroatoms. The molecule has 8 unspecified atom stereocenters. The Morgan fingerprint density at radius 1 is 0.871 bits per heavy atom. The fourth-order valence-corrected chi connectivity index (χ4v) is 4.58. The summed E-state index contributed by atoms with van der Waals surface area (Å²) >= 11 is 0. The van der Waals surface area contributed by atoms with Gasteiger partial charge < -0.3 is 34.4 Å². The molecule has 0 aliphatic heterocycles. The lowest BCUT2D eigenvalue weighted by atomic mass is 9.74. The Bertz CT molecular complexity index is 723. The van der Waals surface area contributed by atoms with E-state index in [0.29, 0.717) is 0 Å². The molecule has 31 heavy (non-hydrogen) atoms. The van der Waals surface area contributed by atoms with E-state index in [1.807, 2.05) is 0 Å². The molecule has 1 saturated carbocycles. The molecule has 1 rings (SSSR count). The van der Waals surface area contributed by atoms with Gasteiger partial charge in [0.05, 0.1) is 12.7 Å². The summed E-state index contributed by atoms with van der Waals surface area (Å²) < 4.78 is 47.1. The first-order chi connectivity index (χ1) is 14.0. The highest BCUT2D eigenvalue weighted by Crippen LogP contribution is 2.50. The van der Waals surface area contributed by atoms with Crippen LogP contribution in [0.25, 0.3) is 0 Å². The van der Waals surface area contributed by atoms with Gasteiger partial charge in [0.15, 0.2) is 6.10 Å². The van der Waals surface area contributed by atoms with Gasteiger partial charge in [-0.2, -0.15) is 0 Å². The number of ether oxygens (including phenoxy) is 2. The van der Waals surface area contributed by atoms with Crippen molar-refractivity contribution in [2.45, 2.75) is 58.2 Å². The molecule has 0 heterocycles. The maximum Gasteiger partial charge on any atom is 0.472 e. The molecule has 0 bridgehead atoms. The van der Waals surface area contributed by atoms with Gasteiger partial charge in [-0.25, -0.2) is 9.13 Å². The van der Waals surface area contributed by atoms with E-state index in [-0.39, 0.29) is 0 Å². The number of phosphoric acid groups is 2. The van der Waals surface area contributed by atoms with Crippen molar-refractivity contribution in [3.05, 3.63) is 0 Å². The largest absolute Gasteiger partial charge is 0.472 e. The van der Waals surface area contributed by atoms with Crippen LogP contribution in [0.3, 0.4) is 0 Å². The molecule has 8 atom stereocenters. The molecule has 1 aliphatic carbocycles. The van der Waals surface area contributed by atoms with E-state index in [0.717, 1.165) is 13.8 Å². The predicted molar refractivity (Wildman–Crippen MR) is 100 cm³/mol. The summed E-state index contributed by atoms with van der Waals surface area (Å²) in [6.45, 7) is 3.85. The van der Waals surface area contributed by atoms with E-state index in [9.17, 15) is 33.8 Å². The van der Waals surface area contributed by atoms with Crippen molar-refractivity contribution >= 4 is 27.6 Å². The van der Waals surface area contributed by atoms with Gasteiger partial charge in [-0.05, 0) is 11.8 Å². The first-order valence-electron chi connectivity index (χ1n) is 9.10. The van der Waals surface area contributed by atoms with Crippen LogP contribution in [0.5, 0.6) is 0 Å². The van der Waals surface area contributed by atoms with Gasteiger partial charge in [-0.1, -0.05) is 13.8 Å². The van der Waals surface area contributed by atoms with Crippen LogP contribution < -0.4 is 0 Å². The second kappa shape index (κ2) is 11.3. The predicted octanol–water partition coefficient (Wildman–Crippen LogP) is -0.531. The van der Waals surface area contributed by atoms with E-state index < -0.39 is 83.2 Å². The number of phosphoric ester groups is 2. The maximum absolute atomic E-state index is 12.3. The molecule has 0 saturated heterocycles. The Kier molecular flexibility index (Phi) is 10.2. The third-order valence-corrected chi connectivity index (χ3v) is 6.14. The van der Waals surface area contributed by atoms with Crippen LogP contribution in [0.2, 0.25) is 0 Å². The summed E-state index contributed by atoms with van der Waals surface area (Å²) in [5, 5.41) is 20.7. The number of carbonyl (C=O) groups excluding carboxylic acids is 2. The van der Waals surface area contributed by atoms with Gasteiger partial charge in [0.1, 0.15) is 24.9 Å². The smallest absolute Gasteiger partial charge is 0.462 e. The Morgan fingerprint density at radius 2 is 1.45 bits per heavy atom. The van der Waals surface area contributed by atoms with E-state index >= 15 is 0 Å². The van der Waals surface area contributed by atoms with E-state index in [1.54, 1.807) is 0 Å². The zero-order valence-corrected chi connectivity index (χ0v) is 19.0. The maximum atomic E-state index is 12.3. The third kappa shape index (κ3) is 9.22. The average Bonchev–Trinajstić information content (AvgIpc) is 2.62. The van der Waals surface area contributed by atoms with Gasteiger partial charge in [0, 0.05) is 13.8 Å². The Morgan fingerprint density at radius 3 is 1.94 bits per heavy atom. The first kappa shape index (κ1) is 28.1. The lowest BCUT2D eigenvalue weighted by molar-refractivity contribution is -0.171. The Balaban J connectivity index is 2.90. The molecule has 0 amide bonds. The van der Waals surface area contributed by atoms with Crippen LogP contribution in [-0.2, 0) is 41.8 Å². The zero-order valence-electron chi connectivity index (χ0n) is 17.3. The number of carbonyl (C=O) groups is 2. The van der Waals surface area contributed by atoms with Crippen LogP contribution in [0, 0.1) is 11.8 Å². The lowest BCUT2D eigenvalue weighted by Gasteiger charge is -2.45. The van der Waals surface area contributed by atoms with Crippen LogP contribution in [-0.4, -0.2) is 80.6 Å². The Hall–Kier alpha value is -0.920. The van der Waals surface area contributed by atoms with E-state index in [1.165, 1.54) is 13.8 Å². The number of aliphatic hydroxyl groups is 2. The van der Waals surface area contributed by atoms with Gasteiger partial charge >= 0.3 is 27.6 Å². The van der Waals surface area contributed by atoms with Crippen LogP contribution in [0.15, 0.2) is 0 Å². The van der Waals surface area contributed by atoms with E-state index in [2.05, 4.69) is 9.26 Å². The van der Waals surface area contributed by atoms with Crippen molar-refractivity contribution in [1.82, 2.24) is 0 Å². The minimum absolute atomic E-state index is 0.476. The highest BCUT2D eigenvalue weighted by Gasteiger charge is 2.51. The zero-order chi connectivity index (χ0) is 24.1. The van der Waals surface area contributed by atoms with Crippen LogP contribution in [0.4, 0.5) is 0 Å². The molecule has 182 valence electrons. The Labute approximate surface area is 178 Å². The van der Waals surface area contributed by atoms with Crippen molar-refractivity contribution in [2.24, 2.45) is 11.8 Å². The van der Waals surface area contributed by atoms with Gasteiger partial charge in [-0.3, -0.25) is 23.2 Å².